The largest absolute Gasteiger partial charge is 0.497 e. The van der Waals surface area contributed by atoms with Crippen LogP contribution in [0.3, 0.4) is 0 Å². The molecular weight excluding hydrogens is 378 g/mol. The molecule has 0 spiro atoms. The minimum atomic E-state index is -1.01. The first-order chi connectivity index (χ1) is 14.6. The number of aliphatic hydroxyl groups excluding tert-OH is 1. The molecule has 2 heterocycles. The number of fused-ring (bicyclic) bond motifs is 2. The van der Waals surface area contributed by atoms with Gasteiger partial charge in [-0.3, -0.25) is 9.36 Å². The van der Waals surface area contributed by atoms with Crippen LogP contribution in [-0.4, -0.2) is 28.8 Å². The molecule has 154 valence electrons. The van der Waals surface area contributed by atoms with Crippen molar-refractivity contribution in [2.75, 3.05) is 19.1 Å². The molecule has 1 aromatic heterocycles. The molecule has 6 heteroatoms. The Bertz CT molecular complexity index is 1150. The van der Waals surface area contributed by atoms with Crippen LogP contribution in [0.1, 0.15) is 54.7 Å². The summed E-state index contributed by atoms with van der Waals surface area (Å²) in [6.45, 7) is 0. The number of aliphatic hydroxyl groups is 1. The number of hydrogen-bond acceptors (Lipinski definition) is 5. The fourth-order valence-electron chi connectivity index (χ4n) is 4.77. The monoisotopic (exact) mass is 403 g/mol. The van der Waals surface area contributed by atoms with Crippen LogP contribution in [0.5, 0.6) is 5.75 Å². The third-order valence-electron chi connectivity index (χ3n) is 6.36. The van der Waals surface area contributed by atoms with E-state index >= 15 is 0 Å². The van der Waals surface area contributed by atoms with E-state index in [4.69, 9.17) is 9.72 Å². The van der Waals surface area contributed by atoms with Gasteiger partial charge in [0, 0.05) is 24.2 Å². The molecule has 1 aliphatic heterocycles. The van der Waals surface area contributed by atoms with Gasteiger partial charge < -0.3 is 14.7 Å². The van der Waals surface area contributed by atoms with Gasteiger partial charge in [0.1, 0.15) is 23.5 Å². The SMILES string of the molecule is COc1ccc(-n2c(C3CCCC3)nc3c(c2=O)C(O)c2ccccc2N3C)cc1. The number of methoxy groups -OCH3 is 1. The summed E-state index contributed by atoms with van der Waals surface area (Å²) < 4.78 is 6.97. The molecule has 1 N–H and O–H groups in total. The number of nitrogens with zero attached hydrogens (tertiary/aromatic N) is 3. The first kappa shape index (κ1) is 18.9. The summed E-state index contributed by atoms with van der Waals surface area (Å²) in [5.74, 6) is 2.29. The van der Waals surface area contributed by atoms with Crippen LogP contribution in [0.25, 0.3) is 5.69 Å². The maximum atomic E-state index is 13.8. The smallest absolute Gasteiger partial charge is 0.266 e. The molecular formula is C24H25N3O3. The van der Waals surface area contributed by atoms with E-state index in [9.17, 15) is 9.90 Å². The molecule has 2 aliphatic rings. The molecule has 1 aliphatic carbocycles. The Hall–Kier alpha value is -3.12. The molecule has 0 saturated heterocycles. The van der Waals surface area contributed by atoms with Crippen molar-refractivity contribution in [1.29, 1.82) is 0 Å². The zero-order valence-corrected chi connectivity index (χ0v) is 17.2. The number of hydrogen-bond donors (Lipinski definition) is 1. The Morgan fingerprint density at radius 2 is 1.77 bits per heavy atom. The molecule has 3 aromatic rings. The number of anilines is 2. The molecule has 6 nitrogen and oxygen atoms in total. The second-order valence-corrected chi connectivity index (χ2v) is 8.05. The van der Waals surface area contributed by atoms with Crippen molar-refractivity contribution in [3.8, 4) is 11.4 Å². The summed E-state index contributed by atoms with van der Waals surface area (Å²) >= 11 is 0. The molecule has 0 amide bonds. The molecule has 0 radical (unpaired) electrons. The standard InChI is InChI=1S/C24H25N3O3/c1-26-19-10-6-5-9-18(19)21(28)20-23(26)25-22(15-7-3-4-8-15)27(24(20)29)16-11-13-17(30-2)14-12-16/h5-6,9-15,21,28H,3-4,7-8H2,1-2H3. The van der Waals surface area contributed by atoms with Crippen molar-refractivity contribution < 1.29 is 9.84 Å². The van der Waals surface area contributed by atoms with E-state index < -0.39 is 6.10 Å². The van der Waals surface area contributed by atoms with Gasteiger partial charge in [0.25, 0.3) is 5.56 Å². The lowest BCUT2D eigenvalue weighted by Crippen LogP contribution is -2.35. The maximum absolute atomic E-state index is 13.8. The summed E-state index contributed by atoms with van der Waals surface area (Å²) in [4.78, 5) is 20.7. The highest BCUT2D eigenvalue weighted by Gasteiger charge is 2.35. The van der Waals surface area contributed by atoms with E-state index in [-0.39, 0.29) is 11.5 Å². The second kappa shape index (κ2) is 7.29. The lowest BCUT2D eigenvalue weighted by Gasteiger charge is -2.33. The highest BCUT2D eigenvalue weighted by atomic mass is 16.5. The van der Waals surface area contributed by atoms with Gasteiger partial charge in [-0.25, -0.2) is 4.98 Å². The minimum Gasteiger partial charge on any atom is -0.497 e. The lowest BCUT2D eigenvalue weighted by atomic mass is 9.95. The molecule has 1 unspecified atom stereocenters. The van der Waals surface area contributed by atoms with Crippen LogP contribution >= 0.6 is 0 Å². The van der Waals surface area contributed by atoms with Gasteiger partial charge in [-0.1, -0.05) is 31.0 Å². The molecule has 1 fully saturated rings. The average Bonchev–Trinajstić information content (AvgIpc) is 3.32. The van der Waals surface area contributed by atoms with E-state index in [0.717, 1.165) is 54.2 Å². The fourth-order valence-corrected chi connectivity index (χ4v) is 4.77. The number of para-hydroxylation sites is 1. The van der Waals surface area contributed by atoms with E-state index in [0.29, 0.717) is 11.4 Å². The highest BCUT2D eigenvalue weighted by molar-refractivity contribution is 5.72. The summed E-state index contributed by atoms with van der Waals surface area (Å²) in [6, 6.07) is 15.1. The normalized spacial score (nSPS) is 18.2. The highest BCUT2D eigenvalue weighted by Crippen LogP contribution is 2.42. The van der Waals surface area contributed by atoms with Crippen molar-refractivity contribution in [3.63, 3.8) is 0 Å². The third kappa shape index (κ3) is 2.82. The van der Waals surface area contributed by atoms with Gasteiger partial charge in [0.05, 0.1) is 18.4 Å². The molecule has 1 saturated carbocycles. The van der Waals surface area contributed by atoms with Crippen molar-refractivity contribution in [2.45, 2.75) is 37.7 Å². The Kier molecular flexibility index (Phi) is 4.59. The predicted molar refractivity (Wildman–Crippen MR) is 116 cm³/mol. The Morgan fingerprint density at radius 3 is 2.47 bits per heavy atom. The van der Waals surface area contributed by atoms with E-state index in [1.165, 1.54) is 0 Å². The van der Waals surface area contributed by atoms with Gasteiger partial charge in [0.15, 0.2) is 0 Å². The van der Waals surface area contributed by atoms with Gasteiger partial charge in [-0.15, -0.1) is 0 Å². The quantitative estimate of drug-likeness (QED) is 0.714. The Morgan fingerprint density at radius 1 is 1.07 bits per heavy atom. The topological polar surface area (TPSA) is 67.6 Å². The van der Waals surface area contributed by atoms with Crippen molar-refractivity contribution >= 4 is 11.5 Å². The van der Waals surface area contributed by atoms with Crippen molar-refractivity contribution in [1.82, 2.24) is 9.55 Å². The summed E-state index contributed by atoms with van der Waals surface area (Å²) in [5.41, 5.74) is 2.46. The van der Waals surface area contributed by atoms with Crippen LogP contribution < -0.4 is 15.2 Å². The van der Waals surface area contributed by atoms with Crippen LogP contribution in [0.15, 0.2) is 53.3 Å². The number of benzene rings is 2. The third-order valence-corrected chi connectivity index (χ3v) is 6.36. The Labute approximate surface area is 175 Å². The minimum absolute atomic E-state index is 0.207. The fraction of sp³-hybridized carbons (Fsp3) is 0.333. The average molecular weight is 403 g/mol. The first-order valence-corrected chi connectivity index (χ1v) is 10.4. The lowest BCUT2D eigenvalue weighted by molar-refractivity contribution is 0.216. The molecule has 2 aromatic carbocycles. The summed E-state index contributed by atoms with van der Waals surface area (Å²) in [6.07, 6.45) is 3.31. The van der Waals surface area contributed by atoms with Gasteiger partial charge in [0.2, 0.25) is 0 Å². The van der Waals surface area contributed by atoms with Crippen molar-refractivity contribution in [2.24, 2.45) is 0 Å². The van der Waals surface area contributed by atoms with Crippen molar-refractivity contribution in [3.05, 3.63) is 75.8 Å². The Balaban J connectivity index is 1.77. The van der Waals surface area contributed by atoms with Crippen LogP contribution in [0.2, 0.25) is 0 Å². The number of aromatic nitrogens is 2. The van der Waals surface area contributed by atoms with E-state index in [1.807, 2.05) is 60.5 Å². The van der Waals surface area contributed by atoms with Crippen LogP contribution in [-0.2, 0) is 0 Å². The van der Waals surface area contributed by atoms with Crippen LogP contribution in [0, 0.1) is 0 Å². The zero-order chi connectivity index (χ0) is 20.8. The number of ether oxygens (including phenoxy) is 1. The summed E-state index contributed by atoms with van der Waals surface area (Å²) in [7, 11) is 3.53. The van der Waals surface area contributed by atoms with Gasteiger partial charge >= 0.3 is 0 Å². The van der Waals surface area contributed by atoms with Crippen LogP contribution in [0.4, 0.5) is 11.5 Å². The number of rotatable bonds is 3. The van der Waals surface area contributed by atoms with E-state index in [1.54, 1.807) is 11.7 Å². The molecule has 30 heavy (non-hydrogen) atoms. The van der Waals surface area contributed by atoms with Gasteiger partial charge in [-0.05, 0) is 43.2 Å². The van der Waals surface area contributed by atoms with E-state index in [2.05, 4.69) is 0 Å². The molecule has 1 atom stereocenters. The predicted octanol–water partition coefficient (Wildman–Crippen LogP) is 4.06. The molecule has 5 rings (SSSR count). The molecule has 0 bridgehead atoms. The summed E-state index contributed by atoms with van der Waals surface area (Å²) in [5, 5.41) is 11.1. The first-order valence-electron chi connectivity index (χ1n) is 10.4. The maximum Gasteiger partial charge on any atom is 0.266 e. The zero-order valence-electron chi connectivity index (χ0n) is 17.2. The van der Waals surface area contributed by atoms with Gasteiger partial charge in [-0.2, -0.15) is 0 Å². The second-order valence-electron chi connectivity index (χ2n) is 8.05.